The van der Waals surface area contributed by atoms with Crippen LogP contribution in [0.2, 0.25) is 0 Å². The van der Waals surface area contributed by atoms with E-state index in [1.54, 1.807) is 0 Å². The van der Waals surface area contributed by atoms with Gasteiger partial charge in [0.15, 0.2) is 0 Å². The Kier molecular flexibility index (Phi) is 61.5. The van der Waals surface area contributed by atoms with E-state index in [1.807, 2.05) is 33.3 Å². The number of likely N-dealkylation sites (N-methyl/N-ethyl adjacent to an activating group) is 1. The fourth-order valence-corrected chi connectivity index (χ4v) is 11.0. The number of carbonyl (C=O) groups excluding carboxylic acids is 2. The van der Waals surface area contributed by atoms with Gasteiger partial charge in [-0.3, -0.25) is 14.2 Å². The molecule has 490 valence electrons. The topological polar surface area (TPSA) is 114 Å². The van der Waals surface area contributed by atoms with Crippen LogP contribution in [0.3, 0.4) is 0 Å². The zero-order chi connectivity index (χ0) is 61.4. The van der Waals surface area contributed by atoms with Crippen molar-refractivity contribution >= 4 is 19.7 Å². The van der Waals surface area contributed by atoms with Crippen LogP contribution >= 0.6 is 7.82 Å². The van der Waals surface area contributed by atoms with Crippen molar-refractivity contribution in [2.75, 3.05) is 40.9 Å². The number of rotatable bonds is 65. The molecule has 0 heterocycles. The minimum atomic E-state index is -4.71. The molecule has 3 unspecified atom stereocenters. The molecule has 1 N–H and O–H groups in total. The Morgan fingerprint density at radius 1 is 0.417 bits per heavy atom. The van der Waals surface area contributed by atoms with Crippen LogP contribution in [0, 0.1) is 0 Å². The number of nitrogens with one attached hydrogen (secondary N) is 1. The van der Waals surface area contributed by atoms with Gasteiger partial charge in [0.05, 0.1) is 33.8 Å². The normalized spacial score (nSPS) is 13.9. The van der Waals surface area contributed by atoms with Crippen molar-refractivity contribution in [1.82, 2.24) is 5.32 Å². The minimum Gasteiger partial charge on any atom is -0.756 e. The molecular formula is C74H137N2O7P. The number of phosphoric ester groups is 1. The molecule has 0 aliphatic heterocycles. The monoisotopic (exact) mass is 1200 g/mol. The summed E-state index contributed by atoms with van der Waals surface area (Å²) in [6, 6.07) is -0.894. The molecule has 0 saturated heterocycles. The molecule has 9 nitrogen and oxygen atoms in total. The molecule has 0 aromatic carbocycles. The molecule has 0 spiro atoms. The Bertz CT molecular complexity index is 1670. The summed E-state index contributed by atoms with van der Waals surface area (Å²) in [5.74, 6) is -0.540. The summed E-state index contributed by atoms with van der Waals surface area (Å²) >= 11 is 0. The second kappa shape index (κ2) is 63.5. The third-order valence-corrected chi connectivity index (χ3v) is 16.8. The van der Waals surface area contributed by atoms with E-state index < -0.39 is 26.6 Å². The number of allylic oxidation sites excluding steroid dienone is 11. The second-order valence-electron chi connectivity index (χ2n) is 25.4. The molecule has 0 radical (unpaired) electrons. The quantitative estimate of drug-likeness (QED) is 0.0212. The van der Waals surface area contributed by atoms with E-state index >= 15 is 0 Å². The third-order valence-electron chi connectivity index (χ3n) is 15.9. The van der Waals surface area contributed by atoms with Crippen LogP contribution in [0.15, 0.2) is 72.9 Å². The lowest BCUT2D eigenvalue weighted by atomic mass is 10.0. The summed E-state index contributed by atoms with van der Waals surface area (Å²) in [5.41, 5.74) is 0. The molecule has 0 aromatic heterocycles. The molecule has 0 saturated carbocycles. The average molecular weight is 1200 g/mol. The highest BCUT2D eigenvalue weighted by Crippen LogP contribution is 2.38. The van der Waals surface area contributed by atoms with E-state index in [0.29, 0.717) is 17.4 Å². The molecular weight excluding hydrogens is 1060 g/mol. The van der Waals surface area contributed by atoms with Crippen molar-refractivity contribution in [2.45, 2.75) is 348 Å². The lowest BCUT2D eigenvalue weighted by Gasteiger charge is -2.30. The minimum absolute atomic E-state index is 0.0245. The highest BCUT2D eigenvalue weighted by molar-refractivity contribution is 7.45. The molecule has 0 aliphatic carbocycles. The molecule has 0 aromatic rings. The Morgan fingerprint density at radius 2 is 0.726 bits per heavy atom. The van der Waals surface area contributed by atoms with E-state index in [-0.39, 0.29) is 24.9 Å². The SMILES string of the molecule is CCCCC/C=C\C/C=C\C/C=C\CCCCCCCCCCC(=O)OC(/C=C\CCCCCCCCCCCC)C(COP(=O)([O-])OCC[N+](C)(C)C)NC(=O)CCCCCCCCCCCCCCCCC/C=C\C/C=C\CCCCC. The maximum Gasteiger partial charge on any atom is 0.306 e. The van der Waals surface area contributed by atoms with Gasteiger partial charge in [0.1, 0.15) is 19.3 Å². The molecule has 0 fully saturated rings. The predicted octanol–water partition coefficient (Wildman–Crippen LogP) is 22.1. The summed E-state index contributed by atoms with van der Waals surface area (Å²) < 4.78 is 30.4. The van der Waals surface area contributed by atoms with Gasteiger partial charge >= 0.3 is 5.97 Å². The molecule has 1 amide bonds. The summed E-state index contributed by atoms with van der Waals surface area (Å²) in [7, 11) is 1.19. The zero-order valence-corrected chi connectivity index (χ0v) is 57.0. The number of phosphoric acid groups is 1. The van der Waals surface area contributed by atoms with E-state index in [2.05, 4.69) is 86.8 Å². The van der Waals surface area contributed by atoms with Crippen molar-refractivity contribution < 1.29 is 37.3 Å². The lowest BCUT2D eigenvalue weighted by molar-refractivity contribution is -0.870. The Balaban J connectivity index is 5.06. The second-order valence-corrected chi connectivity index (χ2v) is 26.8. The fourth-order valence-electron chi connectivity index (χ4n) is 10.3. The van der Waals surface area contributed by atoms with Crippen LogP contribution in [0.5, 0.6) is 0 Å². The Hall–Kier alpha value is -2.55. The summed E-state index contributed by atoms with van der Waals surface area (Å²) in [6.07, 6.45) is 83.0. The zero-order valence-electron chi connectivity index (χ0n) is 56.1. The Labute approximate surface area is 521 Å². The van der Waals surface area contributed by atoms with E-state index in [4.69, 9.17) is 13.8 Å². The van der Waals surface area contributed by atoms with Crippen LogP contribution in [0.1, 0.15) is 335 Å². The predicted molar refractivity (Wildman–Crippen MR) is 362 cm³/mol. The maximum absolute atomic E-state index is 13.6. The third kappa shape index (κ3) is 63.9. The molecule has 10 heteroatoms. The van der Waals surface area contributed by atoms with Crippen molar-refractivity contribution in [3.63, 3.8) is 0 Å². The number of nitrogens with zero attached hydrogens (tertiary/aromatic N) is 1. The maximum atomic E-state index is 13.6. The molecule has 84 heavy (non-hydrogen) atoms. The van der Waals surface area contributed by atoms with Gasteiger partial charge in [0.2, 0.25) is 5.91 Å². The van der Waals surface area contributed by atoms with Crippen molar-refractivity contribution in [3.05, 3.63) is 72.9 Å². The van der Waals surface area contributed by atoms with Gasteiger partial charge in [0, 0.05) is 12.8 Å². The van der Waals surface area contributed by atoms with Crippen LogP contribution in [0.25, 0.3) is 0 Å². The van der Waals surface area contributed by atoms with Gasteiger partial charge in [-0.25, -0.2) is 0 Å². The number of quaternary nitrogens is 1. The van der Waals surface area contributed by atoms with E-state index in [9.17, 15) is 19.0 Å². The van der Waals surface area contributed by atoms with Crippen molar-refractivity contribution in [1.29, 1.82) is 0 Å². The van der Waals surface area contributed by atoms with Gasteiger partial charge in [-0.15, -0.1) is 0 Å². The highest BCUT2D eigenvalue weighted by Gasteiger charge is 2.27. The number of hydrogen-bond donors (Lipinski definition) is 1. The first-order valence-corrected chi connectivity index (χ1v) is 37.2. The number of esters is 1. The first-order valence-electron chi connectivity index (χ1n) is 35.7. The summed E-state index contributed by atoms with van der Waals surface area (Å²) in [6.45, 7) is 6.82. The Morgan fingerprint density at radius 3 is 1.11 bits per heavy atom. The molecule has 0 aliphatic rings. The van der Waals surface area contributed by atoms with Crippen LogP contribution in [-0.4, -0.2) is 69.4 Å². The standard InChI is InChI=1S/C74H137N2O7P/c1-7-10-13-16-19-22-25-28-30-32-34-36-37-38-39-41-42-44-46-48-51-54-57-60-63-66-73(77)75-71(70-82-84(79,80)81-69-68-76(4,5)6)72(65-62-59-56-53-50-27-24-21-18-15-12-9-3)83-74(78)67-64-61-58-55-52-49-47-45-43-40-35-33-31-29-26-23-20-17-14-11-8-2/h19-20,22-23,28-31,35,40,62,65,71-72H,7-18,21,24-27,32-34,36-39,41-61,63-64,66-70H2,1-6H3,(H-,75,77,79,80)/b22-19-,23-20-,30-28-,31-29-,40-35-,65-62-. The van der Waals surface area contributed by atoms with Gasteiger partial charge < -0.3 is 28.5 Å². The molecule has 0 rings (SSSR count). The molecule has 0 bridgehead atoms. The number of ether oxygens (including phenoxy) is 1. The lowest BCUT2D eigenvalue weighted by Crippen LogP contribution is -2.47. The first kappa shape index (κ1) is 81.5. The van der Waals surface area contributed by atoms with Crippen LogP contribution < -0.4 is 10.2 Å². The fraction of sp³-hybridized carbons (Fsp3) is 0.811. The van der Waals surface area contributed by atoms with Crippen LogP contribution in [-0.2, 0) is 27.9 Å². The van der Waals surface area contributed by atoms with E-state index in [0.717, 1.165) is 89.9 Å². The smallest absolute Gasteiger partial charge is 0.306 e. The number of hydrogen-bond acceptors (Lipinski definition) is 7. The summed E-state index contributed by atoms with van der Waals surface area (Å²) in [4.78, 5) is 40.2. The van der Waals surface area contributed by atoms with Crippen LogP contribution in [0.4, 0.5) is 0 Å². The largest absolute Gasteiger partial charge is 0.756 e. The van der Waals surface area contributed by atoms with Gasteiger partial charge in [-0.2, -0.15) is 0 Å². The number of amides is 1. The van der Waals surface area contributed by atoms with Crippen molar-refractivity contribution in [3.8, 4) is 0 Å². The van der Waals surface area contributed by atoms with Gasteiger partial charge in [0.25, 0.3) is 7.82 Å². The van der Waals surface area contributed by atoms with Crippen molar-refractivity contribution in [2.24, 2.45) is 0 Å². The average Bonchev–Trinajstić information content (AvgIpc) is 3.65. The molecule has 3 atom stereocenters. The van der Waals surface area contributed by atoms with Gasteiger partial charge in [-0.1, -0.05) is 293 Å². The van der Waals surface area contributed by atoms with E-state index in [1.165, 1.54) is 212 Å². The number of carbonyl (C=O) groups is 2. The number of unbranched alkanes of at least 4 members (excludes halogenated alkanes) is 39. The highest BCUT2D eigenvalue weighted by atomic mass is 31.2. The first-order chi connectivity index (χ1) is 40.9. The summed E-state index contributed by atoms with van der Waals surface area (Å²) in [5, 5.41) is 3.04. The van der Waals surface area contributed by atoms with Gasteiger partial charge in [-0.05, 0) is 102 Å².